The van der Waals surface area contributed by atoms with Gasteiger partial charge in [0.2, 0.25) is 0 Å². The van der Waals surface area contributed by atoms with Crippen LogP contribution in [0.5, 0.6) is 0 Å². The Morgan fingerprint density at radius 3 is 2.75 bits per heavy atom. The van der Waals surface area contributed by atoms with E-state index in [0.717, 1.165) is 11.3 Å². The minimum Gasteiger partial charge on any atom is -0.399 e. The van der Waals surface area contributed by atoms with Gasteiger partial charge in [-0.05, 0) is 30.7 Å². The Balaban J connectivity index is 2.43. The second-order valence-corrected chi connectivity index (χ2v) is 4.34. The molecule has 0 aromatic heterocycles. The molecule has 0 bridgehead atoms. The van der Waals surface area contributed by atoms with E-state index in [1.165, 1.54) is 0 Å². The Bertz CT molecular complexity index is 459. The van der Waals surface area contributed by atoms with Crippen molar-refractivity contribution < 1.29 is 17.2 Å². The van der Waals surface area contributed by atoms with Gasteiger partial charge in [-0.15, -0.1) is 0 Å². The largest absolute Gasteiger partial charge is 0.399 e. The SMILES string of the molecule is Cc1cc(N)ccc1NCCOS(=O)(=O)O. The molecule has 90 valence electrons. The molecule has 0 atom stereocenters. The zero-order chi connectivity index (χ0) is 12.2. The molecular weight excluding hydrogens is 232 g/mol. The topological polar surface area (TPSA) is 102 Å². The van der Waals surface area contributed by atoms with Gasteiger partial charge in [-0.1, -0.05) is 0 Å². The number of benzene rings is 1. The Hall–Kier alpha value is -1.31. The summed E-state index contributed by atoms with van der Waals surface area (Å²) in [4.78, 5) is 0. The van der Waals surface area contributed by atoms with E-state index in [-0.39, 0.29) is 13.2 Å². The van der Waals surface area contributed by atoms with Crippen molar-refractivity contribution in [3.05, 3.63) is 23.8 Å². The fourth-order valence-corrected chi connectivity index (χ4v) is 1.51. The lowest BCUT2D eigenvalue weighted by atomic mass is 10.2. The van der Waals surface area contributed by atoms with Crippen LogP contribution >= 0.6 is 0 Å². The number of anilines is 2. The molecule has 0 saturated heterocycles. The highest BCUT2D eigenvalue weighted by atomic mass is 32.3. The van der Waals surface area contributed by atoms with Gasteiger partial charge in [0, 0.05) is 17.9 Å². The van der Waals surface area contributed by atoms with Gasteiger partial charge in [0.15, 0.2) is 0 Å². The summed E-state index contributed by atoms with van der Waals surface area (Å²) >= 11 is 0. The molecule has 0 aliphatic carbocycles. The summed E-state index contributed by atoms with van der Waals surface area (Å²) in [6.45, 7) is 2.01. The molecular formula is C9H14N2O4S. The lowest BCUT2D eigenvalue weighted by Gasteiger charge is -2.09. The molecule has 0 aliphatic rings. The highest BCUT2D eigenvalue weighted by molar-refractivity contribution is 7.80. The molecule has 0 unspecified atom stereocenters. The number of rotatable bonds is 5. The van der Waals surface area contributed by atoms with E-state index in [1.807, 2.05) is 6.92 Å². The lowest BCUT2D eigenvalue weighted by Crippen LogP contribution is -2.13. The Kier molecular flexibility index (Phi) is 4.11. The zero-order valence-corrected chi connectivity index (χ0v) is 9.62. The van der Waals surface area contributed by atoms with Crippen LogP contribution in [0.25, 0.3) is 0 Å². The minimum absolute atomic E-state index is 0.136. The first kappa shape index (κ1) is 12.8. The monoisotopic (exact) mass is 246 g/mol. The summed E-state index contributed by atoms with van der Waals surface area (Å²) in [6, 6.07) is 5.32. The van der Waals surface area contributed by atoms with Crippen LogP contribution in [-0.2, 0) is 14.6 Å². The summed E-state index contributed by atoms with van der Waals surface area (Å²) < 4.78 is 33.0. The van der Waals surface area contributed by atoms with Crippen molar-refractivity contribution in [1.82, 2.24) is 0 Å². The molecule has 0 radical (unpaired) electrons. The second kappa shape index (κ2) is 5.15. The number of aryl methyl sites for hydroxylation is 1. The van der Waals surface area contributed by atoms with E-state index in [2.05, 4.69) is 9.50 Å². The van der Waals surface area contributed by atoms with Crippen LogP contribution in [0.1, 0.15) is 5.56 Å². The van der Waals surface area contributed by atoms with Gasteiger partial charge >= 0.3 is 10.4 Å². The highest BCUT2D eigenvalue weighted by Gasteiger charge is 2.03. The van der Waals surface area contributed by atoms with Crippen LogP contribution in [0.4, 0.5) is 11.4 Å². The number of nitrogens with one attached hydrogen (secondary N) is 1. The molecule has 0 amide bonds. The standard InChI is InChI=1S/C9H14N2O4S/c1-7-6-8(10)2-3-9(7)11-4-5-15-16(12,13)14/h2-3,6,11H,4-5,10H2,1H3,(H,12,13,14). The average molecular weight is 246 g/mol. The number of nitrogen functional groups attached to an aromatic ring is 1. The van der Waals surface area contributed by atoms with Gasteiger partial charge < -0.3 is 11.1 Å². The van der Waals surface area contributed by atoms with Gasteiger partial charge in [0.1, 0.15) is 0 Å². The van der Waals surface area contributed by atoms with Crippen molar-refractivity contribution in [3.8, 4) is 0 Å². The zero-order valence-electron chi connectivity index (χ0n) is 8.80. The smallest absolute Gasteiger partial charge is 0.397 e. The summed E-state index contributed by atoms with van der Waals surface area (Å²) in [5.41, 5.74) is 8.03. The van der Waals surface area contributed by atoms with Gasteiger partial charge in [-0.3, -0.25) is 4.55 Å². The van der Waals surface area contributed by atoms with Crippen LogP contribution < -0.4 is 11.1 Å². The molecule has 0 saturated carbocycles. The van der Waals surface area contributed by atoms with Crippen LogP contribution in [0, 0.1) is 6.92 Å². The normalized spacial score (nSPS) is 11.4. The molecule has 0 spiro atoms. The predicted octanol–water partition coefficient (Wildman–Crippen LogP) is 0.809. The van der Waals surface area contributed by atoms with Gasteiger partial charge in [-0.25, -0.2) is 4.18 Å². The van der Waals surface area contributed by atoms with Gasteiger partial charge in [-0.2, -0.15) is 8.42 Å². The molecule has 7 heteroatoms. The molecule has 1 aromatic carbocycles. The van der Waals surface area contributed by atoms with Crippen molar-refractivity contribution in [2.75, 3.05) is 24.2 Å². The molecule has 16 heavy (non-hydrogen) atoms. The van der Waals surface area contributed by atoms with Crippen LogP contribution in [0.3, 0.4) is 0 Å². The lowest BCUT2D eigenvalue weighted by molar-refractivity contribution is 0.278. The molecule has 4 N–H and O–H groups in total. The maximum atomic E-state index is 10.2. The fourth-order valence-electron chi connectivity index (χ4n) is 1.22. The first-order chi connectivity index (χ1) is 7.38. The maximum Gasteiger partial charge on any atom is 0.397 e. The number of hydrogen-bond donors (Lipinski definition) is 3. The van der Waals surface area contributed by atoms with E-state index in [0.29, 0.717) is 5.69 Å². The van der Waals surface area contributed by atoms with Gasteiger partial charge in [0.05, 0.1) is 6.61 Å². The average Bonchev–Trinajstić information content (AvgIpc) is 2.13. The third kappa shape index (κ3) is 4.47. The molecule has 0 fully saturated rings. The molecule has 6 nitrogen and oxygen atoms in total. The van der Waals surface area contributed by atoms with E-state index in [4.69, 9.17) is 10.3 Å². The van der Waals surface area contributed by atoms with Crippen LogP contribution in [0.2, 0.25) is 0 Å². The minimum atomic E-state index is -4.36. The third-order valence-electron chi connectivity index (χ3n) is 1.90. The van der Waals surface area contributed by atoms with Crippen LogP contribution in [0.15, 0.2) is 18.2 Å². The maximum absolute atomic E-state index is 10.2. The van der Waals surface area contributed by atoms with E-state index in [9.17, 15) is 8.42 Å². The van der Waals surface area contributed by atoms with E-state index >= 15 is 0 Å². The molecule has 0 heterocycles. The summed E-state index contributed by atoms with van der Waals surface area (Å²) in [7, 11) is -4.36. The van der Waals surface area contributed by atoms with E-state index in [1.54, 1.807) is 18.2 Å². The van der Waals surface area contributed by atoms with Crippen molar-refractivity contribution in [2.45, 2.75) is 6.92 Å². The second-order valence-electron chi connectivity index (χ2n) is 3.25. The molecule has 1 aromatic rings. The molecule has 1 rings (SSSR count). The van der Waals surface area contributed by atoms with Gasteiger partial charge in [0.25, 0.3) is 0 Å². The summed E-state index contributed by atoms with van der Waals surface area (Å²) in [5.74, 6) is 0. The van der Waals surface area contributed by atoms with Crippen molar-refractivity contribution in [1.29, 1.82) is 0 Å². The van der Waals surface area contributed by atoms with E-state index < -0.39 is 10.4 Å². The van der Waals surface area contributed by atoms with Crippen molar-refractivity contribution in [3.63, 3.8) is 0 Å². The fraction of sp³-hybridized carbons (Fsp3) is 0.333. The Morgan fingerprint density at radius 2 is 2.19 bits per heavy atom. The number of nitrogens with two attached hydrogens (primary N) is 1. The third-order valence-corrected chi connectivity index (χ3v) is 2.36. The van der Waals surface area contributed by atoms with Crippen molar-refractivity contribution in [2.24, 2.45) is 0 Å². The first-order valence-electron chi connectivity index (χ1n) is 4.60. The van der Waals surface area contributed by atoms with Crippen molar-refractivity contribution >= 4 is 21.8 Å². The number of hydrogen-bond acceptors (Lipinski definition) is 5. The Labute approximate surface area is 94.4 Å². The predicted molar refractivity (Wildman–Crippen MR) is 61.6 cm³/mol. The summed E-state index contributed by atoms with van der Waals surface area (Å²) in [5, 5.41) is 2.96. The molecule has 0 aliphatic heterocycles. The van der Waals surface area contributed by atoms with Crippen LogP contribution in [-0.4, -0.2) is 26.1 Å². The summed E-state index contributed by atoms with van der Waals surface area (Å²) in [6.07, 6.45) is 0. The first-order valence-corrected chi connectivity index (χ1v) is 5.97. The Morgan fingerprint density at radius 1 is 1.50 bits per heavy atom. The quantitative estimate of drug-likeness (QED) is 0.403. The highest BCUT2D eigenvalue weighted by Crippen LogP contribution is 2.17.